The lowest BCUT2D eigenvalue weighted by Gasteiger charge is -2.12. The van der Waals surface area contributed by atoms with E-state index in [-0.39, 0.29) is 0 Å². The topological polar surface area (TPSA) is 63.1 Å². The molecule has 0 amide bonds. The second-order valence-corrected chi connectivity index (χ2v) is 4.71. The zero-order valence-electron chi connectivity index (χ0n) is 10.4. The first-order valence-corrected chi connectivity index (χ1v) is 6.18. The van der Waals surface area contributed by atoms with Crippen LogP contribution in [0, 0.1) is 6.92 Å². The number of carbonyl (C=O) groups is 1. The minimum atomic E-state index is -0.863. The van der Waals surface area contributed by atoms with Crippen LogP contribution in [0.2, 0.25) is 0 Å². The van der Waals surface area contributed by atoms with E-state index in [1.165, 1.54) is 18.4 Å². The van der Waals surface area contributed by atoms with Crippen molar-refractivity contribution in [3.63, 3.8) is 0 Å². The number of aryl methyl sites for hydroxylation is 2. The van der Waals surface area contributed by atoms with Gasteiger partial charge in [-0.3, -0.25) is 4.79 Å². The zero-order valence-corrected chi connectivity index (χ0v) is 10.4. The highest BCUT2D eigenvalue weighted by molar-refractivity contribution is 5.74. The molecule has 1 N–H and O–H groups in total. The van der Waals surface area contributed by atoms with Crippen molar-refractivity contribution >= 4 is 5.97 Å². The van der Waals surface area contributed by atoms with Gasteiger partial charge in [0.2, 0.25) is 0 Å². The van der Waals surface area contributed by atoms with Gasteiger partial charge in [0.15, 0.2) is 0 Å². The number of aromatic nitrogens is 2. The number of hydrogen-bond acceptors (Lipinski definition) is 3. The van der Waals surface area contributed by atoms with E-state index in [2.05, 4.69) is 9.97 Å². The minimum Gasteiger partial charge on any atom is -0.481 e. The first-order valence-electron chi connectivity index (χ1n) is 6.18. The van der Waals surface area contributed by atoms with Crippen molar-refractivity contribution in [2.45, 2.75) is 51.9 Å². The third kappa shape index (κ3) is 2.46. The predicted molar refractivity (Wildman–Crippen MR) is 64.1 cm³/mol. The average Bonchev–Trinajstić information content (AvgIpc) is 2.53. The predicted octanol–water partition coefficient (Wildman–Crippen LogP) is 2.24. The molecule has 1 aromatic rings. The molecular formula is C13H18N2O2. The summed E-state index contributed by atoms with van der Waals surface area (Å²) < 4.78 is 0. The summed E-state index contributed by atoms with van der Waals surface area (Å²) in [6, 6.07) is 0. The van der Waals surface area contributed by atoms with Gasteiger partial charge >= 0.3 is 5.97 Å². The number of carboxylic acid groups (broad SMARTS) is 1. The Morgan fingerprint density at radius 2 is 1.94 bits per heavy atom. The van der Waals surface area contributed by atoms with Gasteiger partial charge in [-0.25, -0.2) is 9.97 Å². The van der Waals surface area contributed by atoms with E-state index in [4.69, 9.17) is 5.11 Å². The van der Waals surface area contributed by atoms with Gasteiger partial charge in [0.25, 0.3) is 0 Å². The average molecular weight is 234 g/mol. The molecule has 92 valence electrons. The van der Waals surface area contributed by atoms with E-state index < -0.39 is 11.9 Å². The molecule has 2 rings (SSSR count). The molecule has 1 aromatic heterocycles. The van der Waals surface area contributed by atoms with Crippen molar-refractivity contribution in [2.24, 2.45) is 0 Å². The summed E-state index contributed by atoms with van der Waals surface area (Å²) in [5.74, 6) is -1.03. The fraction of sp³-hybridized carbons (Fsp3) is 0.615. The van der Waals surface area contributed by atoms with Crippen LogP contribution < -0.4 is 0 Å². The fourth-order valence-electron chi connectivity index (χ4n) is 2.29. The summed E-state index contributed by atoms with van der Waals surface area (Å²) in [7, 11) is 0. The first-order chi connectivity index (χ1) is 8.09. The van der Waals surface area contributed by atoms with Crippen LogP contribution in [-0.2, 0) is 17.6 Å². The lowest BCUT2D eigenvalue weighted by atomic mass is 10.1. The van der Waals surface area contributed by atoms with Crippen molar-refractivity contribution in [1.29, 1.82) is 0 Å². The van der Waals surface area contributed by atoms with Gasteiger partial charge in [-0.15, -0.1) is 0 Å². The first kappa shape index (κ1) is 12.0. The van der Waals surface area contributed by atoms with Gasteiger partial charge in [-0.1, -0.05) is 6.42 Å². The van der Waals surface area contributed by atoms with Gasteiger partial charge < -0.3 is 5.11 Å². The second-order valence-electron chi connectivity index (χ2n) is 4.71. The Hall–Kier alpha value is -1.45. The fourth-order valence-corrected chi connectivity index (χ4v) is 2.29. The van der Waals surface area contributed by atoms with E-state index in [0.717, 1.165) is 30.7 Å². The molecule has 0 saturated carbocycles. The van der Waals surface area contributed by atoms with Gasteiger partial charge in [0, 0.05) is 11.4 Å². The van der Waals surface area contributed by atoms with Gasteiger partial charge in [-0.05, 0) is 45.1 Å². The third-order valence-electron chi connectivity index (χ3n) is 3.41. The van der Waals surface area contributed by atoms with Crippen LogP contribution in [0.5, 0.6) is 0 Å². The highest BCUT2D eigenvalue weighted by atomic mass is 16.4. The normalized spacial score (nSPS) is 17.1. The monoisotopic (exact) mass is 234 g/mol. The molecule has 0 bridgehead atoms. The molecule has 17 heavy (non-hydrogen) atoms. The summed E-state index contributed by atoms with van der Waals surface area (Å²) in [4.78, 5) is 19.8. The second kappa shape index (κ2) is 4.82. The quantitative estimate of drug-likeness (QED) is 0.797. The van der Waals surface area contributed by atoms with Gasteiger partial charge in [0.1, 0.15) is 11.7 Å². The molecule has 0 spiro atoms. The molecular weight excluding hydrogens is 216 g/mol. The molecule has 1 unspecified atom stereocenters. The molecule has 1 aliphatic rings. The Bertz CT molecular complexity index is 443. The summed E-state index contributed by atoms with van der Waals surface area (Å²) in [6.07, 6.45) is 5.54. The van der Waals surface area contributed by atoms with Gasteiger partial charge in [-0.2, -0.15) is 0 Å². The molecule has 0 aliphatic heterocycles. The van der Waals surface area contributed by atoms with Crippen LogP contribution in [0.1, 0.15) is 54.9 Å². The Kier molecular flexibility index (Phi) is 3.41. The molecule has 0 saturated heterocycles. The van der Waals surface area contributed by atoms with Crippen LogP contribution >= 0.6 is 0 Å². The van der Waals surface area contributed by atoms with Crippen molar-refractivity contribution < 1.29 is 9.90 Å². The number of hydrogen-bond donors (Lipinski definition) is 1. The zero-order chi connectivity index (χ0) is 12.4. The van der Waals surface area contributed by atoms with Crippen LogP contribution in [0.4, 0.5) is 0 Å². The Morgan fingerprint density at radius 3 is 2.65 bits per heavy atom. The molecule has 0 aromatic carbocycles. The lowest BCUT2D eigenvalue weighted by molar-refractivity contribution is -0.138. The number of carboxylic acids is 1. The molecule has 0 radical (unpaired) electrons. The maximum atomic E-state index is 11.0. The van der Waals surface area contributed by atoms with Crippen molar-refractivity contribution in [2.75, 3.05) is 0 Å². The maximum absolute atomic E-state index is 11.0. The van der Waals surface area contributed by atoms with Crippen LogP contribution in [0.3, 0.4) is 0 Å². The number of fused-ring (bicyclic) bond motifs is 1. The van der Waals surface area contributed by atoms with E-state index in [9.17, 15) is 4.79 Å². The Balaban J connectivity index is 2.42. The molecule has 1 heterocycles. The number of aliphatic carboxylic acids is 1. The van der Waals surface area contributed by atoms with Crippen LogP contribution in [0.25, 0.3) is 0 Å². The Labute approximate surface area is 101 Å². The molecule has 4 nitrogen and oxygen atoms in total. The minimum absolute atomic E-state index is 0.454. The number of rotatable bonds is 2. The molecule has 4 heteroatoms. The van der Waals surface area contributed by atoms with Crippen LogP contribution in [0.15, 0.2) is 0 Å². The molecule has 1 atom stereocenters. The SMILES string of the molecule is Cc1nc(C(C)C(=O)O)nc2c1CCCCC2. The van der Waals surface area contributed by atoms with Crippen molar-refractivity contribution in [1.82, 2.24) is 9.97 Å². The van der Waals surface area contributed by atoms with E-state index in [1.54, 1.807) is 6.92 Å². The van der Waals surface area contributed by atoms with E-state index in [0.29, 0.717) is 5.82 Å². The van der Waals surface area contributed by atoms with Crippen molar-refractivity contribution in [3.05, 3.63) is 22.8 Å². The summed E-state index contributed by atoms with van der Waals surface area (Å²) >= 11 is 0. The standard InChI is InChI=1S/C13H18N2O2/c1-8(13(16)17)12-14-9(2)10-6-4-3-5-7-11(10)15-12/h8H,3-7H2,1-2H3,(H,16,17). The largest absolute Gasteiger partial charge is 0.481 e. The Morgan fingerprint density at radius 1 is 1.24 bits per heavy atom. The summed E-state index contributed by atoms with van der Waals surface area (Å²) in [5, 5.41) is 9.01. The third-order valence-corrected chi connectivity index (χ3v) is 3.41. The summed E-state index contributed by atoms with van der Waals surface area (Å²) in [5.41, 5.74) is 3.27. The van der Waals surface area contributed by atoms with Crippen LogP contribution in [-0.4, -0.2) is 21.0 Å². The van der Waals surface area contributed by atoms with E-state index >= 15 is 0 Å². The highest BCUT2D eigenvalue weighted by Gasteiger charge is 2.21. The lowest BCUT2D eigenvalue weighted by Crippen LogP contribution is -2.15. The molecule has 1 aliphatic carbocycles. The number of nitrogens with zero attached hydrogens (tertiary/aromatic N) is 2. The highest BCUT2D eigenvalue weighted by Crippen LogP contribution is 2.23. The van der Waals surface area contributed by atoms with E-state index in [1.807, 2.05) is 6.92 Å². The molecule has 0 fully saturated rings. The van der Waals surface area contributed by atoms with Crippen molar-refractivity contribution in [3.8, 4) is 0 Å². The smallest absolute Gasteiger partial charge is 0.313 e. The summed E-state index contributed by atoms with van der Waals surface area (Å²) in [6.45, 7) is 3.60. The maximum Gasteiger partial charge on any atom is 0.313 e. The van der Waals surface area contributed by atoms with Gasteiger partial charge in [0.05, 0.1) is 0 Å².